The average Bonchev–Trinajstić information content (AvgIpc) is 2.73. The molecule has 1 aromatic rings. The molecular weight excluding hydrogens is 254 g/mol. The average molecular weight is 271 g/mol. The number of hydrogen-bond donors (Lipinski definition) is 2. The quantitative estimate of drug-likeness (QED) is 0.825. The molecule has 2 rings (SSSR count). The van der Waals surface area contributed by atoms with Gasteiger partial charge in [-0.15, -0.1) is 0 Å². The van der Waals surface area contributed by atoms with E-state index in [0.717, 1.165) is 6.42 Å². The Hall–Kier alpha value is -1.18. The highest BCUT2D eigenvalue weighted by Crippen LogP contribution is 2.21. The molecule has 7 heteroatoms. The molecule has 1 saturated heterocycles. The van der Waals surface area contributed by atoms with Crippen molar-refractivity contribution in [2.45, 2.75) is 24.3 Å². The van der Waals surface area contributed by atoms with Crippen LogP contribution < -0.4 is 10.5 Å². The first-order valence-electron chi connectivity index (χ1n) is 5.81. The molecule has 0 aliphatic carbocycles. The van der Waals surface area contributed by atoms with E-state index in [-0.39, 0.29) is 22.6 Å². The predicted octanol–water partition coefficient (Wildman–Crippen LogP) is 0.367. The van der Waals surface area contributed by atoms with Crippen molar-refractivity contribution in [2.24, 2.45) is 5.92 Å². The van der Waals surface area contributed by atoms with Crippen LogP contribution in [0.5, 0.6) is 0 Å². The van der Waals surface area contributed by atoms with Crippen molar-refractivity contribution in [3.8, 4) is 0 Å². The second-order valence-corrected chi connectivity index (χ2v) is 6.13. The van der Waals surface area contributed by atoms with Crippen LogP contribution in [0.2, 0.25) is 0 Å². The van der Waals surface area contributed by atoms with Crippen molar-refractivity contribution < 1.29 is 13.2 Å². The van der Waals surface area contributed by atoms with Gasteiger partial charge in [-0.05, 0) is 19.4 Å². The van der Waals surface area contributed by atoms with Crippen LogP contribution in [-0.2, 0) is 14.8 Å². The van der Waals surface area contributed by atoms with Crippen LogP contribution in [0, 0.1) is 5.92 Å². The molecule has 0 spiro atoms. The minimum atomic E-state index is -3.59. The van der Waals surface area contributed by atoms with Gasteiger partial charge in [0.2, 0.25) is 10.0 Å². The van der Waals surface area contributed by atoms with Gasteiger partial charge in [0.25, 0.3) is 0 Å². The largest absolute Gasteiger partial charge is 0.398 e. The summed E-state index contributed by atoms with van der Waals surface area (Å²) in [6.07, 6.45) is 3.67. The maximum Gasteiger partial charge on any atom is 0.244 e. The van der Waals surface area contributed by atoms with E-state index in [4.69, 9.17) is 10.5 Å². The lowest BCUT2D eigenvalue weighted by Crippen LogP contribution is -2.32. The number of nitrogens with one attached hydrogen (secondary N) is 1. The second kappa shape index (κ2) is 5.21. The number of hydrogen-bond acceptors (Lipinski definition) is 5. The number of nitrogens with zero attached hydrogens (tertiary/aromatic N) is 1. The zero-order valence-corrected chi connectivity index (χ0v) is 11.0. The van der Waals surface area contributed by atoms with Gasteiger partial charge in [0.15, 0.2) is 0 Å². The van der Waals surface area contributed by atoms with Crippen molar-refractivity contribution in [1.82, 2.24) is 9.71 Å². The van der Waals surface area contributed by atoms with E-state index in [1.54, 1.807) is 0 Å². The molecule has 3 N–H and O–H groups in total. The smallest absolute Gasteiger partial charge is 0.244 e. The van der Waals surface area contributed by atoms with Crippen LogP contribution in [0.25, 0.3) is 0 Å². The van der Waals surface area contributed by atoms with E-state index < -0.39 is 10.0 Å². The zero-order chi connectivity index (χ0) is 13.2. The van der Waals surface area contributed by atoms with Crippen molar-refractivity contribution in [3.05, 3.63) is 18.5 Å². The van der Waals surface area contributed by atoms with E-state index in [2.05, 4.69) is 9.71 Å². The van der Waals surface area contributed by atoms with Crippen molar-refractivity contribution >= 4 is 15.7 Å². The number of sulfonamides is 1. The number of ether oxygens (including phenoxy) is 1. The molecular formula is C11H17N3O3S. The Balaban J connectivity index is 2.06. The third kappa shape index (κ3) is 2.80. The first-order valence-corrected chi connectivity index (χ1v) is 7.30. The molecule has 0 radical (unpaired) electrons. The summed E-state index contributed by atoms with van der Waals surface area (Å²) < 4.78 is 32.0. The lowest BCUT2D eigenvalue weighted by atomic mass is 10.0. The first kappa shape index (κ1) is 13.3. The standard InChI is InChI=1S/C11H17N3O3S/c1-8-9(3-5-17-8)6-14-18(15,16)11-7-13-4-2-10(11)12/h2,4,7-9,14H,3,5-6H2,1H3,(H2,12,13). The summed E-state index contributed by atoms with van der Waals surface area (Å²) in [6, 6.07) is 1.47. The lowest BCUT2D eigenvalue weighted by molar-refractivity contribution is 0.107. The summed E-state index contributed by atoms with van der Waals surface area (Å²) in [4.78, 5) is 3.81. The molecule has 0 amide bonds. The molecule has 0 saturated carbocycles. The van der Waals surface area contributed by atoms with Crippen LogP contribution in [0.3, 0.4) is 0 Å². The molecule has 1 aromatic heterocycles. The maximum atomic E-state index is 12.0. The number of aromatic nitrogens is 1. The summed E-state index contributed by atoms with van der Waals surface area (Å²) in [7, 11) is -3.59. The predicted molar refractivity (Wildman–Crippen MR) is 67.4 cm³/mol. The summed E-state index contributed by atoms with van der Waals surface area (Å²) in [5, 5.41) is 0. The number of anilines is 1. The van der Waals surface area contributed by atoms with Gasteiger partial charge in [0.1, 0.15) is 4.90 Å². The van der Waals surface area contributed by atoms with E-state index >= 15 is 0 Å². The molecule has 0 bridgehead atoms. The topological polar surface area (TPSA) is 94.3 Å². The molecule has 6 nitrogen and oxygen atoms in total. The molecule has 1 aliphatic heterocycles. The number of nitrogen functional groups attached to an aromatic ring is 1. The Kier molecular flexibility index (Phi) is 3.84. The normalized spacial score (nSPS) is 24.3. The second-order valence-electron chi connectivity index (χ2n) is 4.39. The summed E-state index contributed by atoms with van der Waals surface area (Å²) in [5.41, 5.74) is 5.84. The molecule has 1 aliphatic rings. The van der Waals surface area contributed by atoms with Crippen molar-refractivity contribution in [1.29, 1.82) is 0 Å². The fourth-order valence-corrected chi connectivity index (χ4v) is 3.12. The van der Waals surface area contributed by atoms with E-state index in [1.165, 1.54) is 18.5 Å². The number of rotatable bonds is 4. The highest BCUT2D eigenvalue weighted by atomic mass is 32.2. The van der Waals surface area contributed by atoms with Crippen LogP contribution in [-0.4, -0.2) is 32.7 Å². The SMILES string of the molecule is CC1OCCC1CNS(=O)(=O)c1cnccc1N. The van der Waals surface area contributed by atoms with Gasteiger partial charge in [0, 0.05) is 31.5 Å². The van der Waals surface area contributed by atoms with Gasteiger partial charge >= 0.3 is 0 Å². The highest BCUT2D eigenvalue weighted by molar-refractivity contribution is 7.89. The maximum absolute atomic E-state index is 12.0. The fraction of sp³-hybridized carbons (Fsp3) is 0.545. The van der Waals surface area contributed by atoms with Crippen molar-refractivity contribution in [3.63, 3.8) is 0 Å². The minimum absolute atomic E-state index is 0.0246. The van der Waals surface area contributed by atoms with Gasteiger partial charge in [0.05, 0.1) is 11.8 Å². The molecule has 2 unspecified atom stereocenters. The monoisotopic (exact) mass is 271 g/mol. The Morgan fingerprint density at radius 2 is 2.39 bits per heavy atom. The Morgan fingerprint density at radius 1 is 1.61 bits per heavy atom. The first-order chi connectivity index (χ1) is 8.50. The van der Waals surface area contributed by atoms with E-state index in [1.807, 2.05) is 6.92 Å². The van der Waals surface area contributed by atoms with E-state index in [9.17, 15) is 8.42 Å². The highest BCUT2D eigenvalue weighted by Gasteiger charge is 2.26. The Labute approximate surface area is 107 Å². The summed E-state index contributed by atoms with van der Waals surface area (Å²) >= 11 is 0. The zero-order valence-electron chi connectivity index (χ0n) is 10.2. The fourth-order valence-electron chi connectivity index (χ4n) is 1.95. The van der Waals surface area contributed by atoms with E-state index in [0.29, 0.717) is 13.2 Å². The van der Waals surface area contributed by atoms with Gasteiger partial charge in [-0.3, -0.25) is 4.98 Å². The van der Waals surface area contributed by atoms with Crippen molar-refractivity contribution in [2.75, 3.05) is 18.9 Å². The Morgan fingerprint density at radius 3 is 3.00 bits per heavy atom. The van der Waals surface area contributed by atoms with Gasteiger partial charge in [-0.2, -0.15) is 0 Å². The minimum Gasteiger partial charge on any atom is -0.398 e. The number of pyridine rings is 1. The molecule has 2 atom stereocenters. The van der Waals surface area contributed by atoms with Gasteiger partial charge in [-0.1, -0.05) is 0 Å². The molecule has 18 heavy (non-hydrogen) atoms. The summed E-state index contributed by atoms with van der Waals surface area (Å²) in [5.74, 6) is 0.206. The third-order valence-corrected chi connectivity index (χ3v) is 4.64. The van der Waals surface area contributed by atoms with Crippen LogP contribution in [0.15, 0.2) is 23.4 Å². The molecule has 0 aromatic carbocycles. The van der Waals surface area contributed by atoms with Gasteiger partial charge in [-0.25, -0.2) is 13.1 Å². The van der Waals surface area contributed by atoms with Gasteiger partial charge < -0.3 is 10.5 Å². The summed E-state index contributed by atoms with van der Waals surface area (Å²) in [6.45, 7) is 2.99. The molecule has 1 fully saturated rings. The lowest BCUT2D eigenvalue weighted by Gasteiger charge is -2.15. The molecule has 2 heterocycles. The molecule has 100 valence electrons. The van der Waals surface area contributed by atoms with Crippen LogP contribution >= 0.6 is 0 Å². The number of nitrogens with two attached hydrogens (primary N) is 1. The third-order valence-electron chi connectivity index (χ3n) is 3.17. The van der Waals surface area contributed by atoms with Crippen LogP contribution in [0.1, 0.15) is 13.3 Å². The Bertz CT molecular complexity index is 518. The van der Waals surface area contributed by atoms with Crippen LogP contribution in [0.4, 0.5) is 5.69 Å².